The van der Waals surface area contributed by atoms with Crippen molar-refractivity contribution in [2.45, 2.75) is 6.54 Å². The first-order valence-electron chi connectivity index (χ1n) is 5.48. The number of aliphatic imine (C=N–C) groups is 1. The number of rotatable bonds is 0. The van der Waals surface area contributed by atoms with Gasteiger partial charge >= 0.3 is 0 Å². The highest BCUT2D eigenvalue weighted by atomic mass is 35.5. The summed E-state index contributed by atoms with van der Waals surface area (Å²) >= 11 is 6.05. The molecule has 4 rings (SSSR count). The second-order valence-corrected chi connectivity index (χ2v) is 4.53. The fourth-order valence-electron chi connectivity index (χ4n) is 2.43. The minimum Gasteiger partial charge on any atom is -0.456 e. The van der Waals surface area contributed by atoms with Crippen LogP contribution < -0.4 is 0 Å². The normalized spacial score (nSPS) is 14.3. The van der Waals surface area contributed by atoms with Crippen LogP contribution in [0.3, 0.4) is 0 Å². The molecular formula is C14H8ClNO. The molecule has 2 nitrogen and oxygen atoms in total. The van der Waals surface area contributed by atoms with Crippen LogP contribution in [0.4, 0.5) is 0 Å². The second kappa shape index (κ2) is 3.11. The fourth-order valence-corrected chi connectivity index (χ4v) is 2.67. The van der Waals surface area contributed by atoms with Crippen molar-refractivity contribution in [3.05, 3.63) is 47.5 Å². The molecule has 82 valence electrons. The summed E-state index contributed by atoms with van der Waals surface area (Å²) in [7, 11) is 0. The van der Waals surface area contributed by atoms with Gasteiger partial charge < -0.3 is 4.42 Å². The first kappa shape index (κ1) is 9.25. The molecule has 17 heavy (non-hydrogen) atoms. The zero-order valence-electron chi connectivity index (χ0n) is 8.90. The van der Waals surface area contributed by atoms with Crippen LogP contribution in [-0.2, 0) is 6.54 Å². The monoisotopic (exact) mass is 241 g/mol. The van der Waals surface area contributed by atoms with Crippen LogP contribution >= 0.6 is 11.6 Å². The molecule has 1 aliphatic rings. The number of para-hydroxylation sites is 1. The van der Waals surface area contributed by atoms with Crippen molar-refractivity contribution in [1.29, 1.82) is 0 Å². The Labute approximate surface area is 103 Å². The number of hydrogen-bond donors (Lipinski definition) is 0. The molecular weight excluding hydrogens is 234 g/mol. The summed E-state index contributed by atoms with van der Waals surface area (Å²) < 4.78 is 5.91. The third kappa shape index (κ3) is 1.13. The minimum absolute atomic E-state index is 0.586. The van der Waals surface area contributed by atoms with Crippen molar-refractivity contribution < 1.29 is 4.42 Å². The molecule has 3 aromatic rings. The smallest absolute Gasteiger partial charge is 0.141 e. The van der Waals surface area contributed by atoms with Crippen LogP contribution in [0.5, 0.6) is 0 Å². The van der Waals surface area contributed by atoms with Crippen LogP contribution in [0, 0.1) is 0 Å². The van der Waals surface area contributed by atoms with Crippen LogP contribution in [0.2, 0.25) is 0 Å². The number of hydrogen-bond acceptors (Lipinski definition) is 2. The van der Waals surface area contributed by atoms with Gasteiger partial charge in [0.05, 0.1) is 6.54 Å². The van der Waals surface area contributed by atoms with Crippen molar-refractivity contribution in [3.8, 4) is 0 Å². The molecule has 0 atom stereocenters. The molecule has 0 aliphatic carbocycles. The van der Waals surface area contributed by atoms with E-state index in [0.29, 0.717) is 11.7 Å². The molecule has 0 radical (unpaired) electrons. The highest BCUT2D eigenvalue weighted by Crippen LogP contribution is 2.35. The Hall–Kier alpha value is -1.80. The maximum Gasteiger partial charge on any atom is 0.141 e. The predicted molar refractivity (Wildman–Crippen MR) is 69.8 cm³/mol. The van der Waals surface area contributed by atoms with Crippen molar-refractivity contribution in [3.63, 3.8) is 0 Å². The van der Waals surface area contributed by atoms with Gasteiger partial charge in [-0.2, -0.15) is 0 Å². The molecule has 0 spiro atoms. The zero-order valence-corrected chi connectivity index (χ0v) is 9.66. The Balaban J connectivity index is 2.20. The third-order valence-corrected chi connectivity index (χ3v) is 3.57. The fraction of sp³-hybridized carbons (Fsp3) is 0.0714. The van der Waals surface area contributed by atoms with Gasteiger partial charge in [0.2, 0.25) is 0 Å². The Bertz CT molecular complexity index is 785. The molecule has 1 aliphatic heterocycles. The summed E-state index contributed by atoms with van der Waals surface area (Å²) in [5, 5.41) is 2.87. The molecule has 2 heterocycles. The van der Waals surface area contributed by atoms with Gasteiger partial charge in [0.25, 0.3) is 0 Å². The lowest BCUT2D eigenvalue weighted by atomic mass is 10.1. The quantitative estimate of drug-likeness (QED) is 0.582. The molecule has 0 N–H and O–H groups in total. The van der Waals surface area contributed by atoms with Crippen LogP contribution in [-0.4, -0.2) is 5.17 Å². The molecule has 0 bridgehead atoms. The van der Waals surface area contributed by atoms with E-state index in [9.17, 15) is 0 Å². The van der Waals surface area contributed by atoms with Gasteiger partial charge in [-0.25, -0.2) is 0 Å². The lowest BCUT2D eigenvalue weighted by Crippen LogP contribution is -1.88. The van der Waals surface area contributed by atoms with E-state index in [-0.39, 0.29) is 0 Å². The highest BCUT2D eigenvalue weighted by Gasteiger charge is 2.20. The van der Waals surface area contributed by atoms with Crippen LogP contribution in [0.25, 0.3) is 21.9 Å². The maximum absolute atomic E-state index is 6.05. The van der Waals surface area contributed by atoms with Gasteiger partial charge in [-0.15, -0.1) is 0 Å². The van der Waals surface area contributed by atoms with Crippen LogP contribution in [0.1, 0.15) is 11.1 Å². The van der Waals surface area contributed by atoms with Gasteiger partial charge in [0.1, 0.15) is 16.3 Å². The lowest BCUT2D eigenvalue weighted by molar-refractivity contribution is 0.663. The van der Waals surface area contributed by atoms with Crippen molar-refractivity contribution in [2.24, 2.45) is 4.99 Å². The second-order valence-electron chi connectivity index (χ2n) is 4.17. The summed E-state index contributed by atoms with van der Waals surface area (Å²) in [6.07, 6.45) is 0. The zero-order chi connectivity index (χ0) is 11.4. The molecule has 0 unspecified atom stereocenters. The largest absolute Gasteiger partial charge is 0.456 e. The molecule has 0 fully saturated rings. The lowest BCUT2D eigenvalue weighted by Gasteiger charge is -1.98. The van der Waals surface area contributed by atoms with Gasteiger partial charge in [0, 0.05) is 21.9 Å². The number of benzene rings is 2. The topological polar surface area (TPSA) is 25.5 Å². The average Bonchev–Trinajstić information content (AvgIpc) is 2.90. The number of nitrogens with zero attached hydrogens (tertiary/aromatic N) is 1. The summed E-state index contributed by atoms with van der Waals surface area (Å²) in [6.45, 7) is 0.616. The number of fused-ring (bicyclic) bond motifs is 5. The van der Waals surface area contributed by atoms with Crippen molar-refractivity contribution in [2.75, 3.05) is 0 Å². The first-order valence-corrected chi connectivity index (χ1v) is 5.86. The number of halogens is 1. The summed E-state index contributed by atoms with van der Waals surface area (Å²) in [5.74, 6) is 0. The Morgan fingerprint density at radius 1 is 1.06 bits per heavy atom. The Morgan fingerprint density at radius 3 is 2.88 bits per heavy atom. The van der Waals surface area contributed by atoms with Gasteiger partial charge in [-0.3, -0.25) is 4.99 Å². The van der Waals surface area contributed by atoms with Gasteiger partial charge in [-0.05, 0) is 12.1 Å². The Kier molecular flexibility index (Phi) is 1.69. The standard InChI is InChI=1S/C14H8ClNO/c15-14-10-6-5-9-8-3-1-2-4-12(8)17-13(9)11(10)7-16-14/h1-6H,7H2. The highest BCUT2D eigenvalue weighted by molar-refractivity contribution is 6.70. The first-order chi connectivity index (χ1) is 8.34. The van der Waals surface area contributed by atoms with Gasteiger partial charge in [0.15, 0.2) is 0 Å². The van der Waals surface area contributed by atoms with E-state index in [1.165, 1.54) is 0 Å². The summed E-state index contributed by atoms with van der Waals surface area (Å²) in [5.41, 5.74) is 3.93. The van der Waals surface area contributed by atoms with E-state index >= 15 is 0 Å². The summed E-state index contributed by atoms with van der Waals surface area (Å²) in [4.78, 5) is 4.25. The SMILES string of the molecule is ClC1=NCc2c1ccc1c2oc2ccccc21. The minimum atomic E-state index is 0.586. The van der Waals surface area contributed by atoms with Crippen LogP contribution in [0.15, 0.2) is 45.8 Å². The third-order valence-electron chi connectivity index (χ3n) is 3.25. The maximum atomic E-state index is 6.05. The molecule has 0 amide bonds. The predicted octanol–water partition coefficient (Wildman–Crippen LogP) is 4.09. The van der Waals surface area contributed by atoms with E-state index in [0.717, 1.165) is 33.1 Å². The molecule has 3 heteroatoms. The van der Waals surface area contributed by atoms with E-state index in [4.69, 9.17) is 16.0 Å². The van der Waals surface area contributed by atoms with Gasteiger partial charge in [-0.1, -0.05) is 35.9 Å². The number of furan rings is 1. The van der Waals surface area contributed by atoms with E-state index < -0.39 is 0 Å². The molecule has 0 saturated carbocycles. The van der Waals surface area contributed by atoms with E-state index in [1.807, 2.05) is 24.3 Å². The van der Waals surface area contributed by atoms with Crippen molar-refractivity contribution in [1.82, 2.24) is 0 Å². The summed E-state index contributed by atoms with van der Waals surface area (Å²) in [6, 6.07) is 12.1. The molecule has 2 aromatic carbocycles. The van der Waals surface area contributed by atoms with E-state index in [1.54, 1.807) is 0 Å². The van der Waals surface area contributed by atoms with E-state index in [2.05, 4.69) is 17.1 Å². The average molecular weight is 242 g/mol. The Morgan fingerprint density at radius 2 is 1.94 bits per heavy atom. The molecule has 1 aromatic heterocycles. The van der Waals surface area contributed by atoms with Crippen molar-refractivity contribution >= 4 is 38.7 Å². The molecule has 0 saturated heterocycles.